The van der Waals surface area contributed by atoms with Gasteiger partial charge in [0.2, 0.25) is 5.95 Å². The maximum absolute atomic E-state index is 12.5. The molecule has 0 spiro atoms. The van der Waals surface area contributed by atoms with E-state index in [1.165, 1.54) is 5.56 Å². The summed E-state index contributed by atoms with van der Waals surface area (Å²) in [6.45, 7) is 4.02. The van der Waals surface area contributed by atoms with Crippen molar-refractivity contribution in [1.82, 2.24) is 15.3 Å². The molecule has 5 nitrogen and oxygen atoms in total. The third kappa shape index (κ3) is 5.54. The van der Waals surface area contributed by atoms with Gasteiger partial charge in [-0.05, 0) is 42.7 Å². The van der Waals surface area contributed by atoms with Crippen LogP contribution in [0.1, 0.15) is 28.5 Å². The maximum Gasteiger partial charge on any atom is 0.270 e. The summed E-state index contributed by atoms with van der Waals surface area (Å²) in [4.78, 5) is 23.3. The van der Waals surface area contributed by atoms with Crippen LogP contribution in [0.5, 0.6) is 0 Å². The first-order valence-corrected chi connectivity index (χ1v) is 9.68. The van der Waals surface area contributed by atoms with Crippen molar-refractivity contribution in [3.63, 3.8) is 0 Å². The smallest absolute Gasteiger partial charge is 0.270 e. The largest absolute Gasteiger partial charge is 0.350 e. The van der Waals surface area contributed by atoms with Crippen molar-refractivity contribution in [2.75, 3.05) is 18.0 Å². The molecule has 3 rings (SSSR count). The van der Waals surface area contributed by atoms with E-state index in [0.29, 0.717) is 29.8 Å². The molecule has 1 amide bonds. The van der Waals surface area contributed by atoms with Crippen molar-refractivity contribution in [2.24, 2.45) is 0 Å². The number of rotatable bonds is 8. The van der Waals surface area contributed by atoms with Gasteiger partial charge in [-0.15, -0.1) is 0 Å². The molecular weight excluding hydrogens is 372 g/mol. The van der Waals surface area contributed by atoms with Crippen LogP contribution in [-0.4, -0.2) is 29.0 Å². The number of halogens is 1. The summed E-state index contributed by atoms with van der Waals surface area (Å²) in [5, 5.41) is 3.62. The molecule has 3 aromatic rings. The number of benzene rings is 2. The average Bonchev–Trinajstić information content (AvgIpc) is 2.74. The summed E-state index contributed by atoms with van der Waals surface area (Å²) >= 11 is 5.89. The minimum Gasteiger partial charge on any atom is -0.350 e. The Kier molecular flexibility index (Phi) is 6.98. The highest BCUT2D eigenvalue weighted by Crippen LogP contribution is 2.13. The fourth-order valence-electron chi connectivity index (χ4n) is 2.82. The summed E-state index contributed by atoms with van der Waals surface area (Å²) in [6, 6.07) is 19.4. The fraction of sp³-hybridized carbons (Fsp3) is 0.227. The first-order chi connectivity index (χ1) is 13.7. The monoisotopic (exact) mass is 394 g/mol. The Balaban J connectivity index is 1.61. The Morgan fingerprint density at radius 1 is 1.04 bits per heavy atom. The normalized spacial score (nSPS) is 10.5. The van der Waals surface area contributed by atoms with Crippen molar-refractivity contribution in [1.29, 1.82) is 0 Å². The van der Waals surface area contributed by atoms with Crippen LogP contribution in [0.2, 0.25) is 5.02 Å². The van der Waals surface area contributed by atoms with E-state index in [0.717, 1.165) is 18.5 Å². The zero-order chi connectivity index (χ0) is 19.8. The standard InChI is InChI=1S/C22H23ClN4O/c1-2-27(16-18-6-4-3-5-7-18)22-25-15-13-20(26-22)21(28)24-14-12-17-8-10-19(23)11-9-17/h3-11,13,15H,2,12,14,16H2,1H3,(H,24,28). The Morgan fingerprint density at radius 2 is 1.79 bits per heavy atom. The van der Waals surface area contributed by atoms with E-state index in [4.69, 9.17) is 11.6 Å². The number of aromatic nitrogens is 2. The van der Waals surface area contributed by atoms with Crippen LogP contribution >= 0.6 is 11.6 Å². The molecule has 6 heteroatoms. The van der Waals surface area contributed by atoms with Gasteiger partial charge in [-0.1, -0.05) is 54.1 Å². The molecule has 144 valence electrons. The van der Waals surface area contributed by atoms with E-state index in [2.05, 4.69) is 27.4 Å². The topological polar surface area (TPSA) is 58.1 Å². The van der Waals surface area contributed by atoms with Gasteiger partial charge in [-0.3, -0.25) is 4.79 Å². The van der Waals surface area contributed by atoms with Gasteiger partial charge in [-0.2, -0.15) is 0 Å². The zero-order valence-corrected chi connectivity index (χ0v) is 16.6. The van der Waals surface area contributed by atoms with Crippen LogP contribution in [0, 0.1) is 0 Å². The quantitative estimate of drug-likeness (QED) is 0.624. The predicted octanol–water partition coefficient (Wildman–Crippen LogP) is 4.13. The molecule has 0 aliphatic rings. The van der Waals surface area contributed by atoms with Crippen molar-refractivity contribution in [3.05, 3.63) is 88.7 Å². The van der Waals surface area contributed by atoms with E-state index in [1.807, 2.05) is 54.3 Å². The van der Waals surface area contributed by atoms with E-state index in [1.54, 1.807) is 12.3 Å². The number of hydrogen-bond donors (Lipinski definition) is 1. The van der Waals surface area contributed by atoms with Gasteiger partial charge in [0.25, 0.3) is 5.91 Å². The van der Waals surface area contributed by atoms with Crippen molar-refractivity contribution in [2.45, 2.75) is 19.9 Å². The molecule has 28 heavy (non-hydrogen) atoms. The lowest BCUT2D eigenvalue weighted by molar-refractivity contribution is 0.0949. The number of carbonyl (C=O) groups is 1. The van der Waals surface area contributed by atoms with Crippen LogP contribution < -0.4 is 10.2 Å². The Labute approximate surface area is 170 Å². The molecule has 2 aromatic carbocycles. The van der Waals surface area contributed by atoms with E-state index < -0.39 is 0 Å². The van der Waals surface area contributed by atoms with Crippen molar-refractivity contribution < 1.29 is 4.79 Å². The highest BCUT2D eigenvalue weighted by Gasteiger charge is 2.13. The summed E-state index contributed by atoms with van der Waals surface area (Å²) < 4.78 is 0. The minimum atomic E-state index is -0.201. The van der Waals surface area contributed by atoms with E-state index in [9.17, 15) is 4.79 Å². The van der Waals surface area contributed by atoms with Crippen LogP contribution in [0.3, 0.4) is 0 Å². The lowest BCUT2D eigenvalue weighted by Crippen LogP contribution is -2.29. The molecule has 1 N–H and O–H groups in total. The fourth-order valence-corrected chi connectivity index (χ4v) is 2.94. The number of carbonyl (C=O) groups excluding carboxylic acids is 1. The Bertz CT molecular complexity index is 900. The summed E-state index contributed by atoms with van der Waals surface area (Å²) in [5.74, 6) is 0.352. The number of nitrogens with one attached hydrogen (secondary N) is 1. The van der Waals surface area contributed by atoms with Gasteiger partial charge in [0.15, 0.2) is 0 Å². The number of nitrogens with zero attached hydrogens (tertiary/aromatic N) is 3. The van der Waals surface area contributed by atoms with Gasteiger partial charge in [0, 0.05) is 30.9 Å². The lowest BCUT2D eigenvalue weighted by Gasteiger charge is -2.21. The zero-order valence-electron chi connectivity index (χ0n) is 15.8. The SMILES string of the molecule is CCN(Cc1ccccc1)c1nccc(C(=O)NCCc2ccc(Cl)cc2)n1. The summed E-state index contributed by atoms with van der Waals surface area (Å²) in [5.41, 5.74) is 2.66. The molecule has 0 saturated carbocycles. The molecular formula is C22H23ClN4O. The molecule has 0 radical (unpaired) electrons. The average molecular weight is 395 g/mol. The number of hydrogen-bond acceptors (Lipinski definition) is 4. The molecule has 0 unspecified atom stereocenters. The van der Waals surface area contributed by atoms with Crippen molar-refractivity contribution in [3.8, 4) is 0 Å². The highest BCUT2D eigenvalue weighted by molar-refractivity contribution is 6.30. The Morgan fingerprint density at radius 3 is 2.50 bits per heavy atom. The predicted molar refractivity (Wildman–Crippen MR) is 113 cm³/mol. The first-order valence-electron chi connectivity index (χ1n) is 9.30. The van der Waals surface area contributed by atoms with Crippen LogP contribution in [0.15, 0.2) is 66.9 Å². The molecule has 1 aromatic heterocycles. The van der Waals surface area contributed by atoms with Crippen LogP contribution in [-0.2, 0) is 13.0 Å². The third-order valence-corrected chi connectivity index (χ3v) is 4.62. The second-order valence-electron chi connectivity index (χ2n) is 6.37. The second-order valence-corrected chi connectivity index (χ2v) is 6.81. The van der Waals surface area contributed by atoms with Gasteiger partial charge >= 0.3 is 0 Å². The van der Waals surface area contributed by atoms with E-state index in [-0.39, 0.29) is 5.91 Å². The van der Waals surface area contributed by atoms with Gasteiger partial charge in [0.1, 0.15) is 5.69 Å². The lowest BCUT2D eigenvalue weighted by atomic mass is 10.1. The minimum absolute atomic E-state index is 0.201. The van der Waals surface area contributed by atoms with Gasteiger partial charge in [0.05, 0.1) is 0 Å². The third-order valence-electron chi connectivity index (χ3n) is 4.37. The van der Waals surface area contributed by atoms with Gasteiger partial charge < -0.3 is 10.2 Å². The first kappa shape index (κ1) is 19.8. The molecule has 0 saturated heterocycles. The van der Waals surface area contributed by atoms with E-state index >= 15 is 0 Å². The van der Waals surface area contributed by atoms with Crippen LogP contribution in [0.25, 0.3) is 0 Å². The molecule has 0 aliphatic carbocycles. The van der Waals surface area contributed by atoms with Gasteiger partial charge in [-0.25, -0.2) is 9.97 Å². The maximum atomic E-state index is 12.5. The molecule has 0 bridgehead atoms. The Hall–Kier alpha value is -2.92. The second kappa shape index (κ2) is 9.85. The molecule has 0 atom stereocenters. The number of anilines is 1. The highest BCUT2D eigenvalue weighted by atomic mass is 35.5. The molecule has 0 fully saturated rings. The molecule has 1 heterocycles. The molecule has 0 aliphatic heterocycles. The summed E-state index contributed by atoms with van der Waals surface area (Å²) in [6.07, 6.45) is 2.36. The summed E-state index contributed by atoms with van der Waals surface area (Å²) in [7, 11) is 0. The number of amides is 1. The van der Waals surface area contributed by atoms with Crippen molar-refractivity contribution >= 4 is 23.5 Å². The van der Waals surface area contributed by atoms with Crippen LogP contribution in [0.4, 0.5) is 5.95 Å².